The number of halogens is 3. The van der Waals surface area contributed by atoms with Gasteiger partial charge < -0.3 is 0 Å². The highest BCUT2D eigenvalue weighted by Gasteiger charge is 2.24. The number of alkyl halides is 3. The van der Waals surface area contributed by atoms with Gasteiger partial charge in [0.15, 0.2) is 0 Å². The highest BCUT2D eigenvalue weighted by atomic mass is 19.4. The van der Waals surface area contributed by atoms with E-state index in [4.69, 9.17) is 0 Å². The number of rotatable bonds is 2. The molecule has 0 heterocycles. The molecule has 0 saturated carbocycles. The van der Waals surface area contributed by atoms with Crippen LogP contribution in [0.15, 0.2) is 47.5 Å². The van der Waals surface area contributed by atoms with Gasteiger partial charge in [0.2, 0.25) is 0 Å². The van der Waals surface area contributed by atoms with Crippen LogP contribution in [0.25, 0.3) is 10.8 Å². The third-order valence-electron chi connectivity index (χ3n) is 2.72. The van der Waals surface area contributed by atoms with Crippen LogP contribution in [0.1, 0.15) is 18.5 Å². The molecule has 0 fully saturated rings. The van der Waals surface area contributed by atoms with Gasteiger partial charge in [-0.05, 0) is 23.3 Å². The molecule has 1 nitrogen and oxygen atoms in total. The molecule has 0 spiro atoms. The average Bonchev–Trinajstić information content (AvgIpc) is 2.34. The number of benzene rings is 2. The highest BCUT2D eigenvalue weighted by Crippen LogP contribution is 2.26. The second-order valence-corrected chi connectivity index (χ2v) is 4.06. The summed E-state index contributed by atoms with van der Waals surface area (Å²) in [7, 11) is 0. The van der Waals surface area contributed by atoms with Gasteiger partial charge in [0.25, 0.3) is 0 Å². The molecule has 0 aliphatic heterocycles. The third kappa shape index (κ3) is 2.88. The molecule has 18 heavy (non-hydrogen) atoms. The van der Waals surface area contributed by atoms with Crippen molar-refractivity contribution in [3.63, 3.8) is 0 Å². The molecule has 2 aromatic carbocycles. The van der Waals surface area contributed by atoms with Gasteiger partial charge in [0, 0.05) is 0 Å². The van der Waals surface area contributed by atoms with Crippen molar-refractivity contribution in [1.29, 1.82) is 0 Å². The first-order valence-corrected chi connectivity index (χ1v) is 5.56. The van der Waals surface area contributed by atoms with Crippen molar-refractivity contribution in [2.24, 2.45) is 4.99 Å². The standard InChI is InChI=1S/C14H12F3N/c1-10(18-9-14(15,16)17)12-8-4-6-11-5-2-3-7-13(11)12/h2-10H,1H3/b18-9+/t10-/m1/s1. The SMILES string of the molecule is C[C@@H](/N=C/C(F)(F)F)c1cccc2ccccc12. The van der Waals surface area contributed by atoms with Crippen LogP contribution in [0.2, 0.25) is 0 Å². The Morgan fingerprint density at radius 1 is 1.06 bits per heavy atom. The molecule has 0 saturated heterocycles. The summed E-state index contributed by atoms with van der Waals surface area (Å²) >= 11 is 0. The molecule has 0 aliphatic rings. The van der Waals surface area contributed by atoms with Crippen molar-refractivity contribution >= 4 is 17.0 Å². The summed E-state index contributed by atoms with van der Waals surface area (Å²) in [6, 6.07) is 12.6. The van der Waals surface area contributed by atoms with Crippen molar-refractivity contribution in [3.05, 3.63) is 48.0 Å². The lowest BCUT2D eigenvalue weighted by atomic mass is 10.0. The quantitative estimate of drug-likeness (QED) is 0.695. The average molecular weight is 251 g/mol. The second kappa shape index (κ2) is 4.80. The molecule has 0 N–H and O–H groups in total. The number of aliphatic imine (C=N–C) groups is 1. The lowest BCUT2D eigenvalue weighted by Gasteiger charge is -2.11. The van der Waals surface area contributed by atoms with Crippen molar-refractivity contribution in [2.75, 3.05) is 0 Å². The molecule has 0 bridgehead atoms. The van der Waals surface area contributed by atoms with Crippen molar-refractivity contribution in [3.8, 4) is 0 Å². The van der Waals surface area contributed by atoms with E-state index >= 15 is 0 Å². The fraction of sp³-hybridized carbons (Fsp3) is 0.214. The Morgan fingerprint density at radius 3 is 2.44 bits per heavy atom. The first-order chi connectivity index (χ1) is 8.47. The number of fused-ring (bicyclic) bond motifs is 1. The van der Waals surface area contributed by atoms with Crippen LogP contribution in [-0.2, 0) is 0 Å². The third-order valence-corrected chi connectivity index (χ3v) is 2.72. The lowest BCUT2D eigenvalue weighted by molar-refractivity contribution is -0.0538. The molecule has 0 aromatic heterocycles. The maximum absolute atomic E-state index is 12.1. The molecule has 1 atom stereocenters. The summed E-state index contributed by atoms with van der Waals surface area (Å²) in [4.78, 5) is 3.57. The number of nitrogens with zero attached hydrogens (tertiary/aromatic N) is 1. The Morgan fingerprint density at radius 2 is 1.72 bits per heavy atom. The first-order valence-electron chi connectivity index (χ1n) is 5.56. The molecule has 0 unspecified atom stereocenters. The summed E-state index contributed by atoms with van der Waals surface area (Å²) in [6.07, 6.45) is -4.31. The monoisotopic (exact) mass is 251 g/mol. The summed E-state index contributed by atoms with van der Waals surface area (Å²) in [5.74, 6) is 0. The Kier molecular flexibility index (Phi) is 3.36. The van der Waals surface area contributed by atoms with Gasteiger partial charge in [-0.3, -0.25) is 4.99 Å². The van der Waals surface area contributed by atoms with E-state index < -0.39 is 12.2 Å². The minimum atomic E-state index is -4.36. The summed E-state index contributed by atoms with van der Waals surface area (Å²) in [6.45, 7) is 1.66. The van der Waals surface area contributed by atoms with E-state index in [9.17, 15) is 13.2 Å². The molecule has 0 radical (unpaired) electrons. The van der Waals surface area contributed by atoms with Crippen molar-refractivity contribution < 1.29 is 13.2 Å². The lowest BCUT2D eigenvalue weighted by Crippen LogP contribution is -2.09. The van der Waals surface area contributed by atoms with Crippen LogP contribution in [0.3, 0.4) is 0 Å². The van der Waals surface area contributed by atoms with E-state index in [2.05, 4.69) is 4.99 Å². The zero-order chi connectivity index (χ0) is 13.2. The zero-order valence-corrected chi connectivity index (χ0v) is 9.78. The van der Waals surface area contributed by atoms with Gasteiger partial charge in [-0.15, -0.1) is 0 Å². The van der Waals surface area contributed by atoms with Gasteiger partial charge >= 0.3 is 6.18 Å². The van der Waals surface area contributed by atoms with Gasteiger partial charge in [-0.25, -0.2) is 0 Å². The van der Waals surface area contributed by atoms with Crippen LogP contribution in [-0.4, -0.2) is 12.4 Å². The Balaban J connectivity index is 2.39. The minimum absolute atomic E-state index is 0.0550. The van der Waals surface area contributed by atoms with E-state index in [0.717, 1.165) is 16.3 Å². The molecule has 0 aliphatic carbocycles. The topological polar surface area (TPSA) is 12.4 Å². The maximum Gasteiger partial charge on any atom is 0.426 e. The molecule has 2 rings (SSSR count). The molecule has 0 amide bonds. The van der Waals surface area contributed by atoms with E-state index in [0.29, 0.717) is 0 Å². The van der Waals surface area contributed by atoms with E-state index in [1.165, 1.54) is 0 Å². The zero-order valence-electron chi connectivity index (χ0n) is 9.78. The van der Waals surface area contributed by atoms with Crippen LogP contribution in [0.4, 0.5) is 13.2 Å². The summed E-state index contributed by atoms with van der Waals surface area (Å²) in [5.41, 5.74) is 0.800. The summed E-state index contributed by atoms with van der Waals surface area (Å²) in [5, 5.41) is 1.94. The summed E-state index contributed by atoms with van der Waals surface area (Å²) < 4.78 is 36.3. The first kappa shape index (κ1) is 12.6. The van der Waals surface area contributed by atoms with Crippen molar-refractivity contribution in [1.82, 2.24) is 0 Å². The van der Waals surface area contributed by atoms with Gasteiger partial charge in [0.05, 0.1) is 6.04 Å². The number of hydrogen-bond acceptors (Lipinski definition) is 1. The van der Waals surface area contributed by atoms with Crippen molar-refractivity contribution in [2.45, 2.75) is 19.1 Å². The fourth-order valence-corrected chi connectivity index (χ4v) is 1.89. The molecule has 94 valence electrons. The van der Waals surface area contributed by atoms with E-state index in [1.54, 1.807) is 13.0 Å². The van der Waals surface area contributed by atoms with Crippen LogP contribution in [0, 0.1) is 0 Å². The normalized spacial score (nSPS) is 14.2. The van der Waals surface area contributed by atoms with Gasteiger partial charge in [-0.1, -0.05) is 42.5 Å². The fourth-order valence-electron chi connectivity index (χ4n) is 1.89. The predicted molar refractivity (Wildman–Crippen MR) is 66.9 cm³/mol. The molecule has 2 aromatic rings. The molecule has 4 heteroatoms. The Bertz CT molecular complexity index is 567. The Labute approximate surface area is 103 Å². The van der Waals surface area contributed by atoms with E-state index in [-0.39, 0.29) is 6.21 Å². The highest BCUT2D eigenvalue weighted by molar-refractivity contribution is 5.86. The largest absolute Gasteiger partial charge is 0.426 e. The van der Waals surface area contributed by atoms with Gasteiger partial charge in [-0.2, -0.15) is 13.2 Å². The molecular weight excluding hydrogens is 239 g/mol. The second-order valence-electron chi connectivity index (χ2n) is 4.06. The predicted octanol–water partition coefficient (Wildman–Crippen LogP) is 4.53. The number of hydrogen-bond donors (Lipinski definition) is 0. The van der Waals surface area contributed by atoms with Crippen LogP contribution >= 0.6 is 0 Å². The maximum atomic E-state index is 12.1. The van der Waals surface area contributed by atoms with Crippen LogP contribution in [0.5, 0.6) is 0 Å². The van der Waals surface area contributed by atoms with Gasteiger partial charge in [0.1, 0.15) is 6.21 Å². The van der Waals surface area contributed by atoms with E-state index in [1.807, 2.05) is 36.4 Å². The van der Waals surface area contributed by atoms with Crippen LogP contribution < -0.4 is 0 Å². The minimum Gasteiger partial charge on any atom is -0.280 e. The molecular formula is C14H12F3N. The smallest absolute Gasteiger partial charge is 0.280 e. The Hall–Kier alpha value is -1.84.